The van der Waals surface area contributed by atoms with Crippen LogP contribution in [-0.4, -0.2) is 49.5 Å². The van der Waals surface area contributed by atoms with E-state index in [0.717, 1.165) is 0 Å². The van der Waals surface area contributed by atoms with Crippen molar-refractivity contribution in [3.05, 3.63) is 0 Å². The summed E-state index contributed by atoms with van der Waals surface area (Å²) in [7, 11) is 0. The quantitative estimate of drug-likeness (QED) is 0.711. The second kappa shape index (κ2) is 8.12. The van der Waals surface area contributed by atoms with Gasteiger partial charge in [-0.3, -0.25) is 9.59 Å². The number of carboxylic acids is 1. The molecule has 6 heteroatoms. The van der Waals surface area contributed by atoms with E-state index >= 15 is 0 Å². The lowest BCUT2D eigenvalue weighted by Gasteiger charge is -2.28. The second-order valence-corrected chi connectivity index (χ2v) is 4.87. The molecule has 2 N–H and O–H groups in total. The molecule has 19 heavy (non-hydrogen) atoms. The summed E-state index contributed by atoms with van der Waals surface area (Å²) < 4.78 is 10.6. The first-order chi connectivity index (χ1) is 9.04. The molecule has 0 bridgehead atoms. The fourth-order valence-corrected chi connectivity index (χ4v) is 2.24. The fourth-order valence-electron chi connectivity index (χ4n) is 2.24. The van der Waals surface area contributed by atoms with E-state index in [-0.39, 0.29) is 30.7 Å². The lowest BCUT2D eigenvalue weighted by atomic mass is 9.89. The first kappa shape index (κ1) is 15.9. The number of carbonyl (C=O) groups excluding carboxylic acids is 1. The molecule has 1 aliphatic heterocycles. The summed E-state index contributed by atoms with van der Waals surface area (Å²) >= 11 is 0. The van der Waals surface area contributed by atoms with E-state index in [1.165, 1.54) is 0 Å². The van der Waals surface area contributed by atoms with Crippen LogP contribution in [0.3, 0.4) is 0 Å². The van der Waals surface area contributed by atoms with Crippen molar-refractivity contribution < 1.29 is 24.2 Å². The van der Waals surface area contributed by atoms with Crippen LogP contribution < -0.4 is 5.32 Å². The van der Waals surface area contributed by atoms with Crippen LogP contribution in [0.25, 0.3) is 0 Å². The minimum Gasteiger partial charge on any atom is -0.481 e. The summed E-state index contributed by atoms with van der Waals surface area (Å²) in [5, 5.41) is 11.5. The molecule has 110 valence electrons. The molecule has 1 heterocycles. The highest BCUT2D eigenvalue weighted by Crippen LogP contribution is 2.21. The Balaban J connectivity index is 2.39. The molecule has 0 aromatic rings. The molecule has 1 saturated heterocycles. The molecule has 0 aromatic heterocycles. The van der Waals surface area contributed by atoms with Crippen LogP contribution in [0.15, 0.2) is 0 Å². The monoisotopic (exact) mass is 273 g/mol. The van der Waals surface area contributed by atoms with Crippen LogP contribution in [-0.2, 0) is 19.1 Å². The number of nitrogens with one attached hydrogen (secondary N) is 1. The standard InChI is InChI=1S/C13H23NO5/c1-3-19-10(6-12(15)16)7-14-13(17)11-4-5-18-8-9(11)2/h9-11H,3-8H2,1-2H3,(H,14,17)(H,15,16). The average molecular weight is 273 g/mol. The number of carbonyl (C=O) groups is 2. The predicted octanol–water partition coefficient (Wildman–Crippen LogP) is 0.655. The molecule has 0 spiro atoms. The predicted molar refractivity (Wildman–Crippen MR) is 68.8 cm³/mol. The summed E-state index contributed by atoms with van der Waals surface area (Å²) in [6.45, 7) is 5.66. The zero-order valence-corrected chi connectivity index (χ0v) is 11.6. The van der Waals surface area contributed by atoms with Crippen molar-refractivity contribution in [3.63, 3.8) is 0 Å². The van der Waals surface area contributed by atoms with Crippen LogP contribution in [0.1, 0.15) is 26.7 Å². The Hall–Kier alpha value is -1.14. The lowest BCUT2D eigenvalue weighted by molar-refractivity contribution is -0.141. The Morgan fingerprint density at radius 2 is 2.26 bits per heavy atom. The largest absolute Gasteiger partial charge is 0.481 e. The minimum absolute atomic E-state index is 0.0362. The van der Waals surface area contributed by atoms with E-state index < -0.39 is 12.1 Å². The van der Waals surface area contributed by atoms with E-state index in [0.29, 0.717) is 26.2 Å². The van der Waals surface area contributed by atoms with Crippen molar-refractivity contribution in [2.45, 2.75) is 32.8 Å². The van der Waals surface area contributed by atoms with Crippen molar-refractivity contribution in [2.75, 3.05) is 26.4 Å². The smallest absolute Gasteiger partial charge is 0.306 e. The van der Waals surface area contributed by atoms with Gasteiger partial charge in [0.25, 0.3) is 0 Å². The summed E-state index contributed by atoms with van der Waals surface area (Å²) in [5.41, 5.74) is 0. The molecular weight excluding hydrogens is 250 g/mol. The van der Waals surface area contributed by atoms with Gasteiger partial charge in [0.05, 0.1) is 12.5 Å². The molecule has 1 fully saturated rings. The molecule has 1 rings (SSSR count). The Morgan fingerprint density at radius 3 is 2.84 bits per heavy atom. The average Bonchev–Trinajstić information content (AvgIpc) is 2.36. The number of aliphatic carboxylic acids is 1. The topological polar surface area (TPSA) is 84.9 Å². The summed E-state index contributed by atoms with van der Waals surface area (Å²) in [4.78, 5) is 22.7. The normalized spacial score (nSPS) is 24.7. The van der Waals surface area contributed by atoms with Crippen LogP contribution in [0.4, 0.5) is 0 Å². The van der Waals surface area contributed by atoms with Gasteiger partial charge < -0.3 is 19.9 Å². The molecule has 1 amide bonds. The van der Waals surface area contributed by atoms with Crippen LogP contribution in [0, 0.1) is 11.8 Å². The maximum atomic E-state index is 12.0. The SMILES string of the molecule is CCOC(CNC(=O)C1CCOCC1C)CC(=O)O. The van der Waals surface area contributed by atoms with Gasteiger partial charge in [-0.2, -0.15) is 0 Å². The third kappa shape index (κ3) is 5.57. The van der Waals surface area contributed by atoms with Crippen LogP contribution in [0.2, 0.25) is 0 Å². The van der Waals surface area contributed by atoms with Gasteiger partial charge in [0.15, 0.2) is 0 Å². The molecule has 0 radical (unpaired) electrons. The number of rotatable bonds is 7. The van der Waals surface area contributed by atoms with E-state index in [9.17, 15) is 9.59 Å². The van der Waals surface area contributed by atoms with Crippen molar-refractivity contribution in [3.8, 4) is 0 Å². The van der Waals surface area contributed by atoms with E-state index in [1.807, 2.05) is 6.92 Å². The Bertz CT molecular complexity index is 307. The van der Waals surface area contributed by atoms with E-state index in [2.05, 4.69) is 5.32 Å². The van der Waals surface area contributed by atoms with Crippen molar-refractivity contribution in [1.82, 2.24) is 5.32 Å². The summed E-state index contributed by atoms with van der Waals surface area (Å²) in [5.74, 6) is -0.822. The number of hydrogen-bond acceptors (Lipinski definition) is 4. The molecule has 1 aliphatic rings. The summed E-state index contributed by atoms with van der Waals surface area (Å²) in [6, 6.07) is 0. The van der Waals surface area contributed by atoms with E-state index in [4.69, 9.17) is 14.6 Å². The summed E-state index contributed by atoms with van der Waals surface area (Å²) in [6.07, 6.45) is 0.143. The molecule has 0 saturated carbocycles. The maximum absolute atomic E-state index is 12.0. The third-order valence-corrected chi connectivity index (χ3v) is 3.29. The highest BCUT2D eigenvalue weighted by Gasteiger charge is 2.28. The number of hydrogen-bond donors (Lipinski definition) is 2. The van der Waals surface area contributed by atoms with Crippen LogP contribution >= 0.6 is 0 Å². The van der Waals surface area contributed by atoms with Gasteiger partial charge in [-0.15, -0.1) is 0 Å². The first-order valence-corrected chi connectivity index (χ1v) is 6.73. The molecular formula is C13H23NO5. The highest BCUT2D eigenvalue weighted by molar-refractivity contribution is 5.79. The van der Waals surface area contributed by atoms with Gasteiger partial charge in [0, 0.05) is 32.3 Å². The minimum atomic E-state index is -0.924. The maximum Gasteiger partial charge on any atom is 0.306 e. The molecule has 0 aliphatic carbocycles. The van der Waals surface area contributed by atoms with Gasteiger partial charge in [-0.25, -0.2) is 0 Å². The van der Waals surface area contributed by atoms with Gasteiger partial charge in [0.1, 0.15) is 0 Å². The van der Waals surface area contributed by atoms with Gasteiger partial charge in [-0.1, -0.05) is 6.92 Å². The highest BCUT2D eigenvalue weighted by atomic mass is 16.5. The molecule has 6 nitrogen and oxygen atoms in total. The fraction of sp³-hybridized carbons (Fsp3) is 0.846. The number of amides is 1. The van der Waals surface area contributed by atoms with Crippen molar-refractivity contribution in [2.24, 2.45) is 11.8 Å². The van der Waals surface area contributed by atoms with Gasteiger partial charge >= 0.3 is 5.97 Å². The van der Waals surface area contributed by atoms with E-state index in [1.54, 1.807) is 6.92 Å². The van der Waals surface area contributed by atoms with Gasteiger partial charge in [-0.05, 0) is 19.3 Å². The van der Waals surface area contributed by atoms with Crippen molar-refractivity contribution in [1.29, 1.82) is 0 Å². The molecule has 3 unspecified atom stereocenters. The second-order valence-electron chi connectivity index (χ2n) is 4.87. The first-order valence-electron chi connectivity index (χ1n) is 6.73. The van der Waals surface area contributed by atoms with Crippen molar-refractivity contribution >= 4 is 11.9 Å². The van der Waals surface area contributed by atoms with Crippen LogP contribution in [0.5, 0.6) is 0 Å². The van der Waals surface area contributed by atoms with Gasteiger partial charge in [0.2, 0.25) is 5.91 Å². The zero-order chi connectivity index (χ0) is 14.3. The molecule has 0 aromatic carbocycles. The Labute approximate surface area is 113 Å². The Kier molecular flexibility index (Phi) is 6.80. The third-order valence-electron chi connectivity index (χ3n) is 3.29. The zero-order valence-electron chi connectivity index (χ0n) is 11.6. The Morgan fingerprint density at radius 1 is 1.53 bits per heavy atom. The number of ether oxygens (including phenoxy) is 2. The lowest BCUT2D eigenvalue weighted by Crippen LogP contribution is -2.42. The number of carboxylic acid groups (broad SMARTS) is 1. The molecule has 3 atom stereocenters.